The van der Waals surface area contributed by atoms with Crippen molar-refractivity contribution < 1.29 is 14.3 Å². The summed E-state index contributed by atoms with van der Waals surface area (Å²) in [4.78, 5) is 29.3. The topological polar surface area (TPSA) is 68.3 Å². The number of benzene rings is 1. The van der Waals surface area contributed by atoms with Gasteiger partial charge in [-0.2, -0.15) is 0 Å². The third kappa shape index (κ3) is 3.81. The highest BCUT2D eigenvalue weighted by molar-refractivity contribution is 6.05. The van der Waals surface area contributed by atoms with Gasteiger partial charge in [-0.1, -0.05) is 25.1 Å². The summed E-state index contributed by atoms with van der Waals surface area (Å²) in [6.07, 6.45) is 3.04. The van der Waals surface area contributed by atoms with Crippen LogP contribution in [0.2, 0.25) is 0 Å². The van der Waals surface area contributed by atoms with Gasteiger partial charge in [0.15, 0.2) is 6.61 Å². The van der Waals surface area contributed by atoms with Crippen LogP contribution < -0.4 is 5.32 Å². The number of amides is 1. The van der Waals surface area contributed by atoms with Crippen molar-refractivity contribution in [1.29, 1.82) is 0 Å². The second kappa shape index (κ2) is 7.21. The van der Waals surface area contributed by atoms with Gasteiger partial charge in [0.25, 0.3) is 5.91 Å². The normalized spacial score (nSPS) is 15.0. The fourth-order valence-electron chi connectivity index (χ4n) is 3.18. The first-order valence-electron chi connectivity index (χ1n) is 8.86. The summed E-state index contributed by atoms with van der Waals surface area (Å²) < 4.78 is 5.30. The van der Waals surface area contributed by atoms with Crippen molar-refractivity contribution in [3.8, 4) is 0 Å². The van der Waals surface area contributed by atoms with Gasteiger partial charge in [0, 0.05) is 17.1 Å². The summed E-state index contributed by atoms with van der Waals surface area (Å²) in [6.45, 7) is 5.62. The van der Waals surface area contributed by atoms with Gasteiger partial charge in [-0.05, 0) is 50.7 Å². The highest BCUT2D eigenvalue weighted by atomic mass is 16.5. The van der Waals surface area contributed by atoms with E-state index in [-0.39, 0.29) is 18.6 Å². The number of nitrogens with one attached hydrogen (secondary N) is 1. The molecule has 132 valence electrons. The van der Waals surface area contributed by atoms with Crippen LogP contribution in [0.1, 0.15) is 48.3 Å². The molecule has 25 heavy (non-hydrogen) atoms. The number of esters is 1. The highest BCUT2D eigenvalue weighted by Crippen LogP contribution is 2.32. The molecule has 2 aromatic rings. The average Bonchev–Trinajstić information content (AvgIpc) is 3.44. The predicted octanol–water partition coefficient (Wildman–Crippen LogP) is 3.18. The molecule has 5 heteroatoms. The molecule has 1 aliphatic carbocycles. The van der Waals surface area contributed by atoms with E-state index in [1.165, 1.54) is 0 Å². The molecule has 1 atom stereocenters. The minimum absolute atomic E-state index is 0.140. The van der Waals surface area contributed by atoms with Crippen LogP contribution in [0.3, 0.4) is 0 Å². The maximum absolute atomic E-state index is 12.7. The number of rotatable bonds is 6. The minimum Gasteiger partial charge on any atom is -0.452 e. The maximum atomic E-state index is 12.7. The van der Waals surface area contributed by atoms with Gasteiger partial charge in [0.2, 0.25) is 0 Å². The van der Waals surface area contributed by atoms with Crippen molar-refractivity contribution in [3.63, 3.8) is 0 Å². The Kier molecular flexibility index (Phi) is 5.02. The lowest BCUT2D eigenvalue weighted by Gasteiger charge is -2.15. The van der Waals surface area contributed by atoms with Gasteiger partial charge in [0.1, 0.15) is 0 Å². The van der Waals surface area contributed by atoms with Gasteiger partial charge < -0.3 is 10.1 Å². The summed E-state index contributed by atoms with van der Waals surface area (Å²) in [7, 11) is 0. The van der Waals surface area contributed by atoms with Crippen molar-refractivity contribution in [3.05, 3.63) is 41.1 Å². The average molecular weight is 340 g/mol. The number of pyridine rings is 1. The summed E-state index contributed by atoms with van der Waals surface area (Å²) in [5.74, 6) is -0.155. The first kappa shape index (κ1) is 17.4. The molecule has 0 aliphatic heterocycles. The van der Waals surface area contributed by atoms with Crippen LogP contribution in [-0.2, 0) is 16.0 Å². The van der Waals surface area contributed by atoms with Crippen molar-refractivity contribution in [1.82, 2.24) is 10.3 Å². The molecule has 1 fully saturated rings. The number of aryl methyl sites for hydroxylation is 1. The Labute approximate surface area is 147 Å². The number of fused-ring (bicyclic) bond motifs is 1. The van der Waals surface area contributed by atoms with E-state index in [0.29, 0.717) is 11.5 Å². The summed E-state index contributed by atoms with van der Waals surface area (Å²) >= 11 is 0. The summed E-state index contributed by atoms with van der Waals surface area (Å²) in [5.41, 5.74) is 2.96. The highest BCUT2D eigenvalue weighted by Gasteiger charge is 2.29. The van der Waals surface area contributed by atoms with E-state index < -0.39 is 5.97 Å². The van der Waals surface area contributed by atoms with Gasteiger partial charge in [0.05, 0.1) is 11.1 Å². The zero-order chi connectivity index (χ0) is 18.0. The standard InChI is InChI=1S/C20H24N2O3/c1-4-16-12(2)19(15-7-5-6-8-17(15)22-16)20(24)25-11-18(23)21-13(3)14-9-10-14/h5-8,13-14H,4,9-11H2,1-3H3,(H,21,23)/t13-/m1/s1. The van der Waals surface area contributed by atoms with E-state index in [2.05, 4.69) is 10.3 Å². The summed E-state index contributed by atoms with van der Waals surface area (Å²) in [6, 6.07) is 7.65. The summed E-state index contributed by atoms with van der Waals surface area (Å²) in [5, 5.41) is 3.65. The van der Waals surface area contributed by atoms with E-state index in [1.807, 2.05) is 45.0 Å². The smallest absolute Gasteiger partial charge is 0.339 e. The molecule has 0 saturated heterocycles. The maximum Gasteiger partial charge on any atom is 0.339 e. The van der Waals surface area contributed by atoms with Crippen molar-refractivity contribution >= 4 is 22.8 Å². The first-order chi connectivity index (χ1) is 12.0. The monoisotopic (exact) mass is 340 g/mol. The molecule has 1 heterocycles. The lowest BCUT2D eigenvalue weighted by molar-refractivity contribution is -0.124. The molecule has 1 N–H and O–H groups in total. The van der Waals surface area contributed by atoms with E-state index in [0.717, 1.165) is 41.4 Å². The van der Waals surface area contributed by atoms with Crippen LogP contribution >= 0.6 is 0 Å². The van der Waals surface area contributed by atoms with Gasteiger partial charge >= 0.3 is 5.97 Å². The van der Waals surface area contributed by atoms with Crippen LogP contribution in [-0.4, -0.2) is 29.5 Å². The second-order valence-corrected chi connectivity index (χ2v) is 6.70. The lowest BCUT2D eigenvalue weighted by Crippen LogP contribution is -2.37. The molecule has 0 radical (unpaired) electrons. The van der Waals surface area contributed by atoms with Gasteiger partial charge in [-0.15, -0.1) is 0 Å². The van der Waals surface area contributed by atoms with Crippen molar-refractivity contribution in [2.45, 2.75) is 46.1 Å². The van der Waals surface area contributed by atoms with Crippen LogP contribution in [0.15, 0.2) is 24.3 Å². The molecule has 0 spiro atoms. The number of hydrogen-bond acceptors (Lipinski definition) is 4. The quantitative estimate of drug-likeness (QED) is 0.820. The molecule has 1 amide bonds. The van der Waals surface area contributed by atoms with E-state index >= 15 is 0 Å². The predicted molar refractivity (Wildman–Crippen MR) is 96.5 cm³/mol. The van der Waals surface area contributed by atoms with E-state index in [9.17, 15) is 9.59 Å². The van der Waals surface area contributed by atoms with Gasteiger partial charge in [-0.25, -0.2) is 4.79 Å². The first-order valence-corrected chi connectivity index (χ1v) is 8.86. The largest absolute Gasteiger partial charge is 0.452 e. The minimum atomic E-state index is -0.472. The fraction of sp³-hybridized carbons (Fsp3) is 0.450. The van der Waals surface area contributed by atoms with Crippen molar-refractivity contribution in [2.24, 2.45) is 5.92 Å². The van der Waals surface area contributed by atoms with Crippen LogP contribution in [0.4, 0.5) is 0 Å². The Morgan fingerprint density at radius 2 is 2.04 bits per heavy atom. The molecule has 3 rings (SSSR count). The molecular formula is C20H24N2O3. The third-order valence-electron chi connectivity index (χ3n) is 4.83. The molecule has 1 aromatic heterocycles. The zero-order valence-electron chi connectivity index (χ0n) is 15.0. The molecular weight excluding hydrogens is 316 g/mol. The van der Waals surface area contributed by atoms with Crippen LogP contribution in [0.25, 0.3) is 10.9 Å². The number of hydrogen-bond donors (Lipinski definition) is 1. The molecule has 1 aromatic carbocycles. The number of carbonyl (C=O) groups is 2. The van der Waals surface area contributed by atoms with E-state index in [4.69, 9.17) is 4.74 Å². The zero-order valence-corrected chi connectivity index (χ0v) is 15.0. The second-order valence-electron chi connectivity index (χ2n) is 6.70. The van der Waals surface area contributed by atoms with Crippen LogP contribution in [0.5, 0.6) is 0 Å². The Hall–Kier alpha value is -2.43. The number of para-hydroxylation sites is 1. The number of aromatic nitrogens is 1. The van der Waals surface area contributed by atoms with Crippen LogP contribution in [0, 0.1) is 12.8 Å². The molecule has 1 aliphatic rings. The Bertz CT molecular complexity index is 812. The van der Waals surface area contributed by atoms with E-state index in [1.54, 1.807) is 0 Å². The third-order valence-corrected chi connectivity index (χ3v) is 4.83. The van der Waals surface area contributed by atoms with Gasteiger partial charge in [-0.3, -0.25) is 9.78 Å². The molecule has 0 bridgehead atoms. The molecule has 0 unspecified atom stereocenters. The Morgan fingerprint density at radius 3 is 2.72 bits per heavy atom. The number of carbonyl (C=O) groups excluding carboxylic acids is 2. The lowest BCUT2D eigenvalue weighted by atomic mass is 10.0. The Balaban J connectivity index is 1.77. The van der Waals surface area contributed by atoms with Crippen molar-refractivity contribution in [2.75, 3.05) is 6.61 Å². The number of ether oxygens (including phenoxy) is 1. The fourth-order valence-corrected chi connectivity index (χ4v) is 3.18. The molecule has 1 saturated carbocycles. The SMILES string of the molecule is CCc1nc2ccccc2c(C(=O)OCC(=O)N[C@H](C)C2CC2)c1C. The number of nitrogens with zero attached hydrogens (tertiary/aromatic N) is 1. The molecule has 5 nitrogen and oxygen atoms in total. The Morgan fingerprint density at radius 1 is 1.32 bits per heavy atom.